The molecule has 26 heavy (non-hydrogen) atoms. The Labute approximate surface area is 156 Å². The topological polar surface area (TPSA) is 61.6 Å². The average Bonchev–Trinajstić information content (AvgIpc) is 3.11. The van der Waals surface area contributed by atoms with Crippen molar-refractivity contribution in [2.75, 3.05) is 0 Å². The summed E-state index contributed by atoms with van der Waals surface area (Å²) in [6, 6.07) is 14.1. The van der Waals surface area contributed by atoms with E-state index >= 15 is 0 Å². The quantitative estimate of drug-likeness (QED) is 0.536. The molecule has 0 saturated heterocycles. The van der Waals surface area contributed by atoms with Gasteiger partial charge in [-0.3, -0.25) is 4.79 Å². The summed E-state index contributed by atoms with van der Waals surface area (Å²) in [5.74, 6) is 1.88. The first kappa shape index (κ1) is 18.0. The molecular weight excluding hydrogens is 354 g/mol. The van der Waals surface area contributed by atoms with Crippen LogP contribution in [0.2, 0.25) is 5.02 Å². The van der Waals surface area contributed by atoms with Crippen LogP contribution in [-0.4, -0.2) is 17.5 Å². The summed E-state index contributed by atoms with van der Waals surface area (Å²) in [6.07, 6.45) is 0.837. The number of aldehydes is 1. The number of carbonyl (C=O) groups excluding carboxylic acids is 1. The Morgan fingerprint density at radius 2 is 1.92 bits per heavy atom. The smallest absolute Gasteiger partial charge is 0.167 e. The molecule has 0 aliphatic rings. The molecule has 1 aromatic heterocycles. The van der Waals surface area contributed by atoms with Crippen LogP contribution < -0.4 is 9.47 Å². The normalized spacial score (nSPS) is 10.8. The third-order valence-corrected chi connectivity index (χ3v) is 3.84. The first-order valence-electron chi connectivity index (χ1n) is 8.15. The fourth-order valence-corrected chi connectivity index (χ4v) is 2.54. The van der Waals surface area contributed by atoms with E-state index in [0.29, 0.717) is 33.5 Å². The van der Waals surface area contributed by atoms with E-state index < -0.39 is 0 Å². The molecule has 3 rings (SSSR count). The van der Waals surface area contributed by atoms with E-state index in [0.717, 1.165) is 11.8 Å². The minimum Gasteiger partial charge on any atom is -0.489 e. The van der Waals surface area contributed by atoms with Gasteiger partial charge in [-0.1, -0.05) is 16.8 Å². The Morgan fingerprint density at radius 1 is 1.15 bits per heavy atom. The van der Waals surface area contributed by atoms with Crippen molar-refractivity contribution in [1.29, 1.82) is 0 Å². The second-order valence-electron chi connectivity index (χ2n) is 5.97. The third-order valence-electron chi connectivity index (χ3n) is 3.54. The summed E-state index contributed by atoms with van der Waals surface area (Å²) < 4.78 is 16.6. The highest BCUT2D eigenvalue weighted by Gasteiger charge is 2.11. The minimum atomic E-state index is 0.0491. The van der Waals surface area contributed by atoms with Crippen LogP contribution >= 0.6 is 11.6 Å². The number of rotatable bonds is 7. The summed E-state index contributed by atoms with van der Waals surface area (Å²) in [7, 11) is 0. The Hall–Kier alpha value is -2.79. The van der Waals surface area contributed by atoms with Crippen molar-refractivity contribution in [3.8, 4) is 22.8 Å². The number of hydrogen-bond acceptors (Lipinski definition) is 5. The van der Waals surface area contributed by atoms with Crippen molar-refractivity contribution in [1.82, 2.24) is 5.16 Å². The maximum absolute atomic E-state index is 10.7. The summed E-state index contributed by atoms with van der Waals surface area (Å²) in [6.45, 7) is 4.14. The van der Waals surface area contributed by atoms with E-state index in [1.165, 1.54) is 0 Å². The molecule has 0 radical (unpaired) electrons. The molecule has 134 valence electrons. The maximum atomic E-state index is 10.7. The molecule has 0 fully saturated rings. The lowest BCUT2D eigenvalue weighted by atomic mass is 10.1. The Morgan fingerprint density at radius 3 is 2.58 bits per heavy atom. The molecule has 0 spiro atoms. The van der Waals surface area contributed by atoms with E-state index in [2.05, 4.69) is 5.16 Å². The van der Waals surface area contributed by atoms with Crippen LogP contribution in [-0.2, 0) is 6.61 Å². The number of halogens is 1. The van der Waals surface area contributed by atoms with Crippen molar-refractivity contribution >= 4 is 17.9 Å². The van der Waals surface area contributed by atoms with Gasteiger partial charge in [-0.15, -0.1) is 0 Å². The van der Waals surface area contributed by atoms with E-state index in [1.54, 1.807) is 36.4 Å². The zero-order chi connectivity index (χ0) is 18.5. The summed E-state index contributed by atoms with van der Waals surface area (Å²) >= 11 is 6.26. The molecule has 3 aromatic rings. The first-order chi connectivity index (χ1) is 12.5. The second kappa shape index (κ2) is 8.06. The van der Waals surface area contributed by atoms with Crippen LogP contribution in [0.25, 0.3) is 11.3 Å². The zero-order valence-corrected chi connectivity index (χ0v) is 15.2. The molecule has 6 heteroatoms. The standard InChI is InChI=1S/C20H18ClNO4/c1-13(2)25-19-8-5-15(9-18(19)21)20-10-16(22-26-20)12-24-17-6-3-14(11-23)4-7-17/h3-11,13H,12H2,1-2H3. The molecule has 5 nitrogen and oxygen atoms in total. The summed E-state index contributed by atoms with van der Waals surface area (Å²) in [5.41, 5.74) is 2.06. The summed E-state index contributed by atoms with van der Waals surface area (Å²) in [5, 5.41) is 4.53. The van der Waals surface area contributed by atoms with Gasteiger partial charge in [0.1, 0.15) is 30.1 Å². The Balaban J connectivity index is 1.67. The third kappa shape index (κ3) is 4.43. The molecule has 0 atom stereocenters. The lowest BCUT2D eigenvalue weighted by Gasteiger charge is -2.11. The molecule has 0 saturated carbocycles. The molecule has 0 bridgehead atoms. The van der Waals surface area contributed by atoms with Crippen LogP contribution in [0.1, 0.15) is 29.9 Å². The highest BCUT2D eigenvalue weighted by atomic mass is 35.5. The Bertz CT molecular complexity index is 887. The van der Waals surface area contributed by atoms with Crippen molar-refractivity contribution < 1.29 is 18.8 Å². The maximum Gasteiger partial charge on any atom is 0.167 e. The number of aromatic nitrogens is 1. The Kier molecular flexibility index (Phi) is 5.58. The number of hydrogen-bond donors (Lipinski definition) is 0. The van der Waals surface area contributed by atoms with Gasteiger partial charge >= 0.3 is 0 Å². The highest BCUT2D eigenvalue weighted by molar-refractivity contribution is 6.32. The molecule has 0 N–H and O–H groups in total. The lowest BCUT2D eigenvalue weighted by molar-refractivity contribution is 0.112. The van der Waals surface area contributed by atoms with Crippen molar-refractivity contribution in [3.05, 3.63) is 64.8 Å². The van der Waals surface area contributed by atoms with Crippen molar-refractivity contribution in [2.45, 2.75) is 26.6 Å². The molecule has 0 unspecified atom stereocenters. The van der Waals surface area contributed by atoms with Gasteiger partial charge in [-0.05, 0) is 56.3 Å². The molecule has 0 aliphatic carbocycles. The molecule has 0 aliphatic heterocycles. The van der Waals surface area contributed by atoms with E-state index in [1.807, 2.05) is 26.0 Å². The van der Waals surface area contributed by atoms with Gasteiger partial charge in [0.25, 0.3) is 0 Å². The van der Waals surface area contributed by atoms with Gasteiger partial charge in [-0.2, -0.15) is 0 Å². The van der Waals surface area contributed by atoms with Gasteiger partial charge in [-0.25, -0.2) is 0 Å². The fourth-order valence-electron chi connectivity index (χ4n) is 2.32. The number of benzene rings is 2. The van der Waals surface area contributed by atoms with Gasteiger partial charge in [0.15, 0.2) is 5.76 Å². The molecule has 2 aromatic carbocycles. The predicted octanol–water partition coefficient (Wildman–Crippen LogP) is 5.17. The second-order valence-corrected chi connectivity index (χ2v) is 6.38. The van der Waals surface area contributed by atoms with Crippen LogP contribution in [0.4, 0.5) is 0 Å². The van der Waals surface area contributed by atoms with Gasteiger partial charge in [0.05, 0.1) is 11.1 Å². The van der Waals surface area contributed by atoms with E-state index in [9.17, 15) is 4.79 Å². The highest BCUT2D eigenvalue weighted by Crippen LogP contribution is 2.31. The fraction of sp³-hybridized carbons (Fsp3) is 0.200. The predicted molar refractivity (Wildman–Crippen MR) is 98.9 cm³/mol. The minimum absolute atomic E-state index is 0.0491. The average molecular weight is 372 g/mol. The lowest BCUT2D eigenvalue weighted by Crippen LogP contribution is -2.05. The number of nitrogens with zero attached hydrogens (tertiary/aromatic N) is 1. The van der Waals surface area contributed by atoms with Crippen molar-refractivity contribution in [3.63, 3.8) is 0 Å². The first-order valence-corrected chi connectivity index (χ1v) is 8.53. The van der Waals surface area contributed by atoms with Gasteiger partial charge in [0, 0.05) is 17.2 Å². The number of carbonyl (C=O) groups is 1. The zero-order valence-electron chi connectivity index (χ0n) is 14.4. The number of ether oxygens (including phenoxy) is 2. The van der Waals surface area contributed by atoms with Gasteiger partial charge in [0.2, 0.25) is 0 Å². The monoisotopic (exact) mass is 371 g/mol. The molecule has 0 amide bonds. The van der Waals surface area contributed by atoms with E-state index in [4.69, 9.17) is 25.6 Å². The van der Waals surface area contributed by atoms with Crippen LogP contribution in [0, 0.1) is 0 Å². The summed E-state index contributed by atoms with van der Waals surface area (Å²) in [4.78, 5) is 10.7. The molecular formula is C20H18ClNO4. The van der Waals surface area contributed by atoms with E-state index in [-0.39, 0.29) is 12.7 Å². The largest absolute Gasteiger partial charge is 0.489 e. The van der Waals surface area contributed by atoms with Crippen LogP contribution in [0.15, 0.2) is 53.1 Å². The van der Waals surface area contributed by atoms with Crippen molar-refractivity contribution in [2.24, 2.45) is 0 Å². The van der Waals surface area contributed by atoms with Gasteiger partial charge < -0.3 is 14.0 Å². The SMILES string of the molecule is CC(C)Oc1ccc(-c2cc(COc3ccc(C=O)cc3)no2)cc1Cl. The molecule has 1 heterocycles. The van der Waals surface area contributed by atoms with Crippen LogP contribution in [0.5, 0.6) is 11.5 Å². The van der Waals surface area contributed by atoms with Crippen LogP contribution in [0.3, 0.4) is 0 Å².